The van der Waals surface area contributed by atoms with Crippen LogP contribution in [0.15, 0.2) is 48.1 Å². The lowest BCUT2D eigenvalue weighted by molar-refractivity contribution is -0.00133. The zero-order valence-electron chi connectivity index (χ0n) is 17.8. The number of aryl methyl sites for hydroxylation is 4. The lowest BCUT2D eigenvalue weighted by Gasteiger charge is -2.21. The Bertz CT molecular complexity index is 907. The predicted molar refractivity (Wildman–Crippen MR) is 116 cm³/mol. The molecule has 2 aromatic carbocycles. The van der Waals surface area contributed by atoms with Crippen LogP contribution in [-0.4, -0.2) is 22.8 Å². The van der Waals surface area contributed by atoms with Crippen molar-refractivity contribution in [1.29, 1.82) is 0 Å². The minimum Gasteiger partial charge on any atom is -0.465 e. The topological polar surface area (TPSA) is 58.9 Å². The molecule has 2 N–H and O–H groups in total. The highest BCUT2D eigenvalue weighted by atomic mass is 16.6. The molecule has 3 rings (SSSR count). The number of rotatable bonds is 6. The summed E-state index contributed by atoms with van der Waals surface area (Å²) in [6.07, 6.45) is 5.94. The Morgan fingerprint density at radius 1 is 0.793 bits per heavy atom. The van der Waals surface area contributed by atoms with Crippen molar-refractivity contribution in [3.63, 3.8) is 0 Å². The highest BCUT2D eigenvalue weighted by Gasteiger charge is 2.17. The molecule has 2 aromatic rings. The third-order valence-electron chi connectivity index (χ3n) is 5.14. The number of benzene rings is 2. The van der Waals surface area contributed by atoms with Crippen molar-refractivity contribution in [2.75, 3.05) is 0 Å². The van der Waals surface area contributed by atoms with Gasteiger partial charge in [-0.15, -0.1) is 0 Å². The lowest BCUT2D eigenvalue weighted by Crippen LogP contribution is -2.20. The van der Waals surface area contributed by atoms with Crippen molar-refractivity contribution in [2.45, 2.75) is 60.0 Å². The van der Waals surface area contributed by atoms with E-state index in [0.29, 0.717) is 0 Å². The molecule has 0 heterocycles. The third-order valence-corrected chi connectivity index (χ3v) is 5.14. The first-order valence-corrected chi connectivity index (χ1v) is 10.0. The Hall–Kier alpha value is -2.56. The van der Waals surface area contributed by atoms with E-state index in [1.165, 1.54) is 0 Å². The van der Waals surface area contributed by atoms with Gasteiger partial charge in [0.05, 0.1) is 0 Å². The highest BCUT2D eigenvalue weighted by molar-refractivity contribution is 5.70. The van der Waals surface area contributed by atoms with Crippen LogP contribution in [0.5, 0.6) is 11.5 Å². The lowest BCUT2D eigenvalue weighted by atomic mass is 9.96. The molecule has 2 unspecified atom stereocenters. The van der Waals surface area contributed by atoms with Gasteiger partial charge in [-0.25, -0.2) is 0 Å². The van der Waals surface area contributed by atoms with E-state index in [9.17, 15) is 10.2 Å². The van der Waals surface area contributed by atoms with Crippen molar-refractivity contribution in [3.05, 3.63) is 70.3 Å². The van der Waals surface area contributed by atoms with Gasteiger partial charge in [0.1, 0.15) is 11.5 Å². The van der Waals surface area contributed by atoms with Gasteiger partial charge in [-0.2, -0.15) is 0 Å². The normalized spacial score (nSPS) is 15.6. The molecular formula is C25H30O4. The molecule has 1 aliphatic rings. The van der Waals surface area contributed by atoms with Crippen molar-refractivity contribution >= 4 is 0 Å². The molecule has 0 fully saturated rings. The highest BCUT2D eigenvalue weighted by Crippen LogP contribution is 2.35. The van der Waals surface area contributed by atoms with Crippen LogP contribution in [0, 0.1) is 27.7 Å². The monoisotopic (exact) mass is 394 g/mol. The van der Waals surface area contributed by atoms with Crippen molar-refractivity contribution in [1.82, 2.24) is 0 Å². The summed E-state index contributed by atoms with van der Waals surface area (Å²) in [5.74, 6) is 1.44. The summed E-state index contributed by atoms with van der Waals surface area (Å²) in [4.78, 5) is 0. The van der Waals surface area contributed by atoms with Crippen LogP contribution in [0.25, 0.3) is 11.1 Å². The molecular weight excluding hydrogens is 364 g/mol. The van der Waals surface area contributed by atoms with Gasteiger partial charge in [0.2, 0.25) is 6.29 Å². The average molecular weight is 395 g/mol. The molecule has 4 heteroatoms. The van der Waals surface area contributed by atoms with Crippen LogP contribution < -0.4 is 9.47 Å². The van der Waals surface area contributed by atoms with E-state index in [1.807, 2.05) is 39.8 Å². The second-order valence-electron chi connectivity index (χ2n) is 7.77. The maximum Gasteiger partial charge on any atom is 0.220 e. The quantitative estimate of drug-likeness (QED) is 0.655. The fourth-order valence-corrected chi connectivity index (χ4v) is 3.79. The fraction of sp³-hybridized carbons (Fsp3) is 0.360. The third kappa shape index (κ3) is 4.89. The largest absolute Gasteiger partial charge is 0.465 e. The smallest absolute Gasteiger partial charge is 0.220 e. The average Bonchev–Trinajstić information content (AvgIpc) is 2.67. The summed E-state index contributed by atoms with van der Waals surface area (Å²) in [6, 6.07) is 8.28. The van der Waals surface area contributed by atoms with Crippen LogP contribution in [0.2, 0.25) is 0 Å². The SMILES string of the molecule is Cc1cc(-c2cc(C)c(OC(O)C3=CC=CCC3)c(C)c2)cc(C)c1OC(C)O. The first-order valence-electron chi connectivity index (χ1n) is 10.0. The summed E-state index contributed by atoms with van der Waals surface area (Å²) in [5.41, 5.74) is 6.97. The van der Waals surface area contributed by atoms with E-state index < -0.39 is 12.6 Å². The van der Waals surface area contributed by atoms with E-state index >= 15 is 0 Å². The summed E-state index contributed by atoms with van der Waals surface area (Å²) in [5, 5.41) is 20.0. The van der Waals surface area contributed by atoms with Crippen LogP contribution in [0.3, 0.4) is 0 Å². The van der Waals surface area contributed by atoms with Gasteiger partial charge in [0, 0.05) is 0 Å². The van der Waals surface area contributed by atoms with E-state index in [-0.39, 0.29) is 0 Å². The van der Waals surface area contributed by atoms with Crippen LogP contribution >= 0.6 is 0 Å². The summed E-state index contributed by atoms with van der Waals surface area (Å²) >= 11 is 0. The Balaban J connectivity index is 1.89. The Kier molecular flexibility index (Phi) is 6.46. The molecule has 4 nitrogen and oxygen atoms in total. The first kappa shape index (κ1) is 21.2. The van der Waals surface area contributed by atoms with Crippen LogP contribution in [-0.2, 0) is 0 Å². The number of hydrogen-bond donors (Lipinski definition) is 2. The number of aliphatic hydroxyl groups is 2. The van der Waals surface area contributed by atoms with E-state index in [0.717, 1.165) is 63.3 Å². The van der Waals surface area contributed by atoms with Crippen LogP contribution in [0.4, 0.5) is 0 Å². The Morgan fingerprint density at radius 3 is 1.69 bits per heavy atom. The molecule has 0 aliphatic heterocycles. The molecule has 0 saturated heterocycles. The molecule has 0 radical (unpaired) electrons. The summed E-state index contributed by atoms with van der Waals surface area (Å²) in [6.45, 7) is 9.56. The maximum absolute atomic E-state index is 10.5. The molecule has 154 valence electrons. The van der Waals surface area contributed by atoms with Gasteiger partial charge in [0.15, 0.2) is 6.29 Å². The van der Waals surface area contributed by atoms with Gasteiger partial charge in [0.25, 0.3) is 0 Å². The maximum atomic E-state index is 10.5. The summed E-state index contributed by atoms with van der Waals surface area (Å²) < 4.78 is 11.5. The molecule has 1 aliphatic carbocycles. The number of allylic oxidation sites excluding steroid dienone is 3. The Labute approximate surface area is 173 Å². The van der Waals surface area contributed by atoms with E-state index in [1.54, 1.807) is 6.92 Å². The minimum atomic E-state index is -0.926. The molecule has 0 bridgehead atoms. The van der Waals surface area contributed by atoms with Gasteiger partial charge < -0.3 is 19.7 Å². The molecule has 29 heavy (non-hydrogen) atoms. The summed E-state index contributed by atoms with van der Waals surface area (Å²) in [7, 11) is 0. The van der Waals surface area contributed by atoms with Gasteiger partial charge in [-0.05, 0) is 111 Å². The molecule has 0 spiro atoms. The molecule has 0 saturated carbocycles. The van der Waals surface area contributed by atoms with Gasteiger partial charge in [-0.3, -0.25) is 0 Å². The second-order valence-corrected chi connectivity index (χ2v) is 7.77. The second kappa shape index (κ2) is 8.85. The molecule has 0 amide bonds. The first-order chi connectivity index (χ1) is 13.8. The number of ether oxygens (including phenoxy) is 2. The zero-order chi connectivity index (χ0) is 21.1. The molecule has 0 aromatic heterocycles. The zero-order valence-corrected chi connectivity index (χ0v) is 17.8. The van der Waals surface area contributed by atoms with Crippen molar-refractivity contribution in [3.8, 4) is 22.6 Å². The van der Waals surface area contributed by atoms with Crippen molar-refractivity contribution in [2.24, 2.45) is 0 Å². The number of aliphatic hydroxyl groups excluding tert-OH is 2. The minimum absolute atomic E-state index is 0.718. The Morgan fingerprint density at radius 2 is 1.28 bits per heavy atom. The molecule has 2 atom stereocenters. The standard InChI is InChI=1S/C25H30O4/c1-15-11-21(12-16(2)23(15)28-19(5)26)22-13-17(3)24(18(4)14-22)29-25(27)20-9-7-6-8-10-20/h6-7,9,11-14,19,25-27H,8,10H2,1-5H3. The van der Waals surface area contributed by atoms with E-state index in [4.69, 9.17) is 9.47 Å². The van der Waals surface area contributed by atoms with Crippen molar-refractivity contribution < 1.29 is 19.7 Å². The van der Waals surface area contributed by atoms with E-state index in [2.05, 4.69) is 30.3 Å². The van der Waals surface area contributed by atoms with Crippen LogP contribution in [0.1, 0.15) is 42.0 Å². The fourth-order valence-electron chi connectivity index (χ4n) is 3.79. The number of hydrogen-bond acceptors (Lipinski definition) is 4. The van der Waals surface area contributed by atoms with Gasteiger partial charge >= 0.3 is 0 Å². The predicted octanol–water partition coefficient (Wildman–Crippen LogP) is 5.28. The van der Waals surface area contributed by atoms with Gasteiger partial charge in [-0.1, -0.05) is 18.2 Å².